The van der Waals surface area contributed by atoms with Crippen molar-refractivity contribution in [1.82, 2.24) is 24.5 Å². The second-order valence-electron chi connectivity index (χ2n) is 5.53. The Bertz CT molecular complexity index is 790. The Hall–Kier alpha value is -2.21. The van der Waals surface area contributed by atoms with E-state index in [4.69, 9.17) is 4.98 Å². The number of rotatable bonds is 7. The summed E-state index contributed by atoms with van der Waals surface area (Å²) in [6.45, 7) is 10.4. The van der Waals surface area contributed by atoms with Crippen molar-refractivity contribution in [3.05, 3.63) is 30.1 Å². The number of nitrogens with zero attached hydrogens (tertiary/aromatic N) is 5. The van der Waals surface area contributed by atoms with E-state index in [1.807, 2.05) is 18.2 Å². The fourth-order valence-corrected chi connectivity index (χ4v) is 2.86. The Morgan fingerprint density at radius 2 is 1.87 bits per heavy atom. The molecule has 1 aromatic carbocycles. The molecule has 2 heterocycles. The molecule has 0 aliphatic rings. The van der Waals surface area contributed by atoms with Gasteiger partial charge in [0.15, 0.2) is 5.82 Å². The molecular weight excluding hydrogens is 288 g/mol. The number of hydrogen-bond acceptors (Lipinski definition) is 5. The van der Waals surface area contributed by atoms with Crippen LogP contribution in [-0.2, 0) is 6.42 Å². The molecule has 1 N–H and O–H groups in total. The van der Waals surface area contributed by atoms with Gasteiger partial charge in [0.05, 0.1) is 11.0 Å². The van der Waals surface area contributed by atoms with E-state index in [9.17, 15) is 0 Å². The Labute approximate surface area is 136 Å². The number of aryl methyl sites for hydroxylation is 1. The maximum Gasteiger partial charge on any atom is 0.204 e. The first-order valence-electron chi connectivity index (χ1n) is 8.37. The van der Waals surface area contributed by atoms with Crippen molar-refractivity contribution in [2.75, 3.05) is 31.5 Å². The zero-order chi connectivity index (χ0) is 16.2. The highest BCUT2D eigenvalue weighted by molar-refractivity contribution is 5.82. The van der Waals surface area contributed by atoms with Crippen molar-refractivity contribution in [1.29, 1.82) is 0 Å². The predicted octanol–water partition coefficient (Wildman–Crippen LogP) is 2.59. The van der Waals surface area contributed by atoms with Crippen molar-refractivity contribution < 1.29 is 0 Å². The zero-order valence-corrected chi connectivity index (χ0v) is 14.1. The third kappa shape index (κ3) is 2.99. The average molecular weight is 312 g/mol. The van der Waals surface area contributed by atoms with Gasteiger partial charge in [-0.1, -0.05) is 32.9 Å². The summed E-state index contributed by atoms with van der Waals surface area (Å²) in [5.74, 6) is 1.77. The smallest absolute Gasteiger partial charge is 0.204 e. The maximum absolute atomic E-state index is 4.75. The van der Waals surface area contributed by atoms with E-state index in [2.05, 4.69) is 51.7 Å². The quantitative estimate of drug-likeness (QED) is 0.726. The van der Waals surface area contributed by atoms with Crippen LogP contribution in [0, 0.1) is 0 Å². The molecule has 3 aromatic rings. The molecule has 3 rings (SSSR count). The van der Waals surface area contributed by atoms with Gasteiger partial charge in [-0.05, 0) is 25.2 Å². The van der Waals surface area contributed by atoms with Crippen LogP contribution in [0.25, 0.3) is 16.7 Å². The predicted molar refractivity (Wildman–Crippen MR) is 93.9 cm³/mol. The van der Waals surface area contributed by atoms with Gasteiger partial charge in [0.1, 0.15) is 5.82 Å². The Kier molecular flexibility index (Phi) is 4.71. The minimum Gasteiger partial charge on any atom is -0.366 e. The summed E-state index contributed by atoms with van der Waals surface area (Å²) in [5.41, 5.74) is 2.82. The number of likely N-dealkylation sites (N-methyl/N-ethyl adjacent to an activating group) is 1. The van der Waals surface area contributed by atoms with Crippen LogP contribution >= 0.6 is 0 Å². The van der Waals surface area contributed by atoms with E-state index >= 15 is 0 Å². The summed E-state index contributed by atoms with van der Waals surface area (Å²) in [6, 6.07) is 8.13. The second-order valence-corrected chi connectivity index (χ2v) is 5.53. The number of hydrogen-bond donors (Lipinski definition) is 1. The number of fused-ring (bicyclic) bond motifs is 3. The normalized spacial score (nSPS) is 11.7. The molecule has 0 aliphatic heterocycles. The van der Waals surface area contributed by atoms with Gasteiger partial charge < -0.3 is 10.2 Å². The monoisotopic (exact) mass is 312 g/mol. The highest BCUT2D eigenvalue weighted by Gasteiger charge is 2.13. The number of para-hydroxylation sites is 2. The molecule has 0 atom stereocenters. The van der Waals surface area contributed by atoms with Crippen LogP contribution in [0.15, 0.2) is 24.3 Å². The summed E-state index contributed by atoms with van der Waals surface area (Å²) < 4.78 is 2.11. The highest BCUT2D eigenvalue weighted by Crippen LogP contribution is 2.21. The molecule has 0 radical (unpaired) electrons. The molecule has 0 bridgehead atoms. The molecule has 0 amide bonds. The van der Waals surface area contributed by atoms with Crippen LogP contribution in [0.2, 0.25) is 0 Å². The Morgan fingerprint density at radius 3 is 2.61 bits per heavy atom. The minimum absolute atomic E-state index is 0.806. The molecule has 0 fully saturated rings. The van der Waals surface area contributed by atoms with Crippen LogP contribution in [-0.4, -0.2) is 50.7 Å². The lowest BCUT2D eigenvalue weighted by Gasteiger charge is -2.18. The van der Waals surface area contributed by atoms with Crippen LogP contribution < -0.4 is 5.32 Å². The molecule has 0 unspecified atom stereocenters. The van der Waals surface area contributed by atoms with Crippen LogP contribution in [0.4, 0.5) is 5.82 Å². The average Bonchev–Trinajstić information content (AvgIpc) is 3.03. The van der Waals surface area contributed by atoms with E-state index in [0.29, 0.717) is 0 Å². The molecule has 122 valence electrons. The van der Waals surface area contributed by atoms with E-state index in [1.165, 1.54) is 0 Å². The number of anilines is 1. The van der Waals surface area contributed by atoms with E-state index in [-0.39, 0.29) is 0 Å². The summed E-state index contributed by atoms with van der Waals surface area (Å²) in [4.78, 5) is 7.13. The minimum atomic E-state index is 0.806. The van der Waals surface area contributed by atoms with E-state index in [0.717, 1.165) is 60.9 Å². The fraction of sp³-hybridized carbons (Fsp3) is 0.471. The number of nitrogens with one attached hydrogen (secondary N) is 1. The Morgan fingerprint density at radius 1 is 1.09 bits per heavy atom. The van der Waals surface area contributed by atoms with E-state index < -0.39 is 0 Å². The second kappa shape index (κ2) is 6.91. The first kappa shape index (κ1) is 15.7. The molecule has 0 saturated heterocycles. The van der Waals surface area contributed by atoms with Gasteiger partial charge in [-0.25, -0.2) is 4.98 Å². The molecule has 6 heteroatoms. The standard InChI is InChI=1S/C17H24N6/c1-4-15-20-21-17-16(18-11-12-22(5-2)6-3)19-13-9-7-8-10-14(13)23(15)17/h7-10H,4-6,11-12H2,1-3H3,(H,18,19). The summed E-state index contributed by atoms with van der Waals surface area (Å²) in [5, 5.41) is 12.1. The van der Waals surface area contributed by atoms with Gasteiger partial charge in [0.2, 0.25) is 5.65 Å². The lowest BCUT2D eigenvalue weighted by molar-refractivity contribution is 0.316. The molecule has 0 saturated carbocycles. The van der Waals surface area contributed by atoms with Gasteiger partial charge in [0.25, 0.3) is 0 Å². The summed E-state index contributed by atoms with van der Waals surface area (Å²) >= 11 is 0. The summed E-state index contributed by atoms with van der Waals surface area (Å²) in [6.07, 6.45) is 0.841. The van der Waals surface area contributed by atoms with Gasteiger partial charge >= 0.3 is 0 Å². The summed E-state index contributed by atoms with van der Waals surface area (Å²) in [7, 11) is 0. The molecule has 6 nitrogen and oxygen atoms in total. The number of aromatic nitrogens is 4. The number of benzene rings is 1. The first-order chi connectivity index (χ1) is 11.3. The van der Waals surface area contributed by atoms with Crippen molar-refractivity contribution in [3.63, 3.8) is 0 Å². The van der Waals surface area contributed by atoms with Crippen molar-refractivity contribution in [3.8, 4) is 0 Å². The molecule has 23 heavy (non-hydrogen) atoms. The van der Waals surface area contributed by atoms with Gasteiger partial charge in [-0.15, -0.1) is 10.2 Å². The highest BCUT2D eigenvalue weighted by atomic mass is 15.3. The van der Waals surface area contributed by atoms with Crippen molar-refractivity contribution in [2.45, 2.75) is 27.2 Å². The zero-order valence-electron chi connectivity index (χ0n) is 14.1. The fourth-order valence-electron chi connectivity index (χ4n) is 2.86. The Balaban J connectivity index is 1.97. The lowest BCUT2D eigenvalue weighted by atomic mass is 10.3. The van der Waals surface area contributed by atoms with Crippen molar-refractivity contribution >= 4 is 22.5 Å². The van der Waals surface area contributed by atoms with E-state index in [1.54, 1.807) is 0 Å². The van der Waals surface area contributed by atoms with Crippen LogP contribution in [0.1, 0.15) is 26.6 Å². The topological polar surface area (TPSA) is 58.4 Å². The molecular formula is C17H24N6. The first-order valence-corrected chi connectivity index (χ1v) is 8.37. The maximum atomic E-state index is 4.75. The third-order valence-corrected chi connectivity index (χ3v) is 4.23. The molecule has 0 spiro atoms. The molecule has 2 aromatic heterocycles. The van der Waals surface area contributed by atoms with Crippen LogP contribution in [0.5, 0.6) is 0 Å². The van der Waals surface area contributed by atoms with Crippen LogP contribution in [0.3, 0.4) is 0 Å². The largest absolute Gasteiger partial charge is 0.366 e. The SMILES string of the molecule is CCc1nnc2c(NCCN(CC)CC)nc3ccccc3n12. The van der Waals surface area contributed by atoms with Gasteiger partial charge in [-0.2, -0.15) is 0 Å². The van der Waals surface area contributed by atoms with Gasteiger partial charge in [-0.3, -0.25) is 4.40 Å². The lowest BCUT2D eigenvalue weighted by Crippen LogP contribution is -2.28. The van der Waals surface area contributed by atoms with Crippen molar-refractivity contribution in [2.24, 2.45) is 0 Å². The van der Waals surface area contributed by atoms with Gasteiger partial charge in [0, 0.05) is 19.5 Å². The third-order valence-electron chi connectivity index (χ3n) is 4.23. The molecule has 0 aliphatic carbocycles.